The molecule has 0 aliphatic rings. The summed E-state index contributed by atoms with van der Waals surface area (Å²) < 4.78 is 0. The van der Waals surface area contributed by atoms with Gasteiger partial charge in [0.1, 0.15) is 0 Å². The smallest absolute Gasteiger partial charge is 0.0162 e. The molecule has 0 radical (unpaired) electrons. The Labute approximate surface area is 83.4 Å². The summed E-state index contributed by atoms with van der Waals surface area (Å²) in [6.45, 7) is 2.25. The van der Waals surface area contributed by atoms with Crippen molar-refractivity contribution in [2.24, 2.45) is 0 Å². The van der Waals surface area contributed by atoms with E-state index in [0.29, 0.717) is 0 Å². The Morgan fingerprint density at radius 1 is 1.00 bits per heavy atom. The summed E-state index contributed by atoms with van der Waals surface area (Å²) in [6.07, 6.45) is 19.7. The van der Waals surface area contributed by atoms with Crippen molar-refractivity contribution in [2.45, 2.75) is 58.3 Å². The summed E-state index contributed by atoms with van der Waals surface area (Å²) in [5, 5.41) is 0. The third kappa shape index (κ3) is 11.3. The lowest BCUT2D eigenvalue weighted by atomic mass is 10.1. The standard InChI is InChI=1S/C13H22/c1-3-5-7-9-11-13-12-10-8-6-4-2/h1,5,7H,4,6,8-13H2,2H3/b7-5+. The van der Waals surface area contributed by atoms with Crippen LogP contribution in [0.1, 0.15) is 58.3 Å². The number of hydrogen-bond acceptors (Lipinski definition) is 0. The molecule has 0 saturated heterocycles. The molecule has 0 aromatic carbocycles. The molecule has 0 unspecified atom stereocenters. The molecule has 0 aliphatic carbocycles. The quantitative estimate of drug-likeness (QED) is 0.383. The highest BCUT2D eigenvalue weighted by Crippen LogP contribution is 2.08. The van der Waals surface area contributed by atoms with Gasteiger partial charge in [0.05, 0.1) is 0 Å². The van der Waals surface area contributed by atoms with Gasteiger partial charge in [-0.1, -0.05) is 57.4 Å². The molecule has 0 aromatic heterocycles. The summed E-state index contributed by atoms with van der Waals surface area (Å²) >= 11 is 0. The van der Waals surface area contributed by atoms with Crippen molar-refractivity contribution >= 4 is 0 Å². The average Bonchev–Trinajstić information content (AvgIpc) is 2.16. The molecule has 0 heteroatoms. The van der Waals surface area contributed by atoms with Crippen LogP contribution in [0.15, 0.2) is 12.2 Å². The van der Waals surface area contributed by atoms with Crippen molar-refractivity contribution < 1.29 is 0 Å². The molecular weight excluding hydrogens is 156 g/mol. The van der Waals surface area contributed by atoms with E-state index in [1.165, 1.54) is 44.9 Å². The molecule has 0 fully saturated rings. The number of allylic oxidation sites excluding steroid dienone is 2. The molecule has 0 saturated carbocycles. The van der Waals surface area contributed by atoms with Gasteiger partial charge in [0, 0.05) is 0 Å². The van der Waals surface area contributed by atoms with Crippen molar-refractivity contribution in [3.63, 3.8) is 0 Å². The molecule has 0 N–H and O–H groups in total. The van der Waals surface area contributed by atoms with Crippen LogP contribution in [0.2, 0.25) is 0 Å². The van der Waals surface area contributed by atoms with Crippen LogP contribution < -0.4 is 0 Å². The van der Waals surface area contributed by atoms with Crippen molar-refractivity contribution in [3.8, 4) is 12.3 Å². The molecule has 13 heavy (non-hydrogen) atoms. The van der Waals surface area contributed by atoms with E-state index in [0.717, 1.165) is 6.42 Å². The van der Waals surface area contributed by atoms with Crippen LogP contribution in [0, 0.1) is 12.3 Å². The number of hydrogen-bond donors (Lipinski definition) is 0. The zero-order chi connectivity index (χ0) is 9.78. The molecule has 0 aromatic rings. The zero-order valence-corrected chi connectivity index (χ0v) is 8.89. The number of rotatable bonds is 8. The Bertz CT molecular complexity index is 148. The van der Waals surface area contributed by atoms with Gasteiger partial charge in [-0.05, 0) is 18.9 Å². The molecule has 0 bridgehead atoms. The van der Waals surface area contributed by atoms with Gasteiger partial charge < -0.3 is 0 Å². The minimum atomic E-state index is 1.15. The van der Waals surface area contributed by atoms with Crippen LogP contribution in [0.25, 0.3) is 0 Å². The van der Waals surface area contributed by atoms with E-state index in [9.17, 15) is 0 Å². The second kappa shape index (κ2) is 11.3. The lowest BCUT2D eigenvalue weighted by molar-refractivity contribution is 0.592. The fourth-order valence-corrected chi connectivity index (χ4v) is 1.37. The van der Waals surface area contributed by atoms with Crippen LogP contribution >= 0.6 is 0 Å². The summed E-state index contributed by atoms with van der Waals surface area (Å²) in [5.74, 6) is 2.51. The molecule has 0 rings (SSSR count). The van der Waals surface area contributed by atoms with Gasteiger partial charge in [0.15, 0.2) is 0 Å². The molecular formula is C13H22. The summed E-state index contributed by atoms with van der Waals surface area (Å²) in [7, 11) is 0. The van der Waals surface area contributed by atoms with Gasteiger partial charge in [-0.25, -0.2) is 0 Å². The largest absolute Gasteiger partial charge is 0.115 e. The topological polar surface area (TPSA) is 0 Å². The monoisotopic (exact) mass is 178 g/mol. The van der Waals surface area contributed by atoms with Gasteiger partial charge in [-0.2, -0.15) is 0 Å². The van der Waals surface area contributed by atoms with Crippen LogP contribution in [0.3, 0.4) is 0 Å². The maximum Gasteiger partial charge on any atom is -0.0162 e. The van der Waals surface area contributed by atoms with Crippen LogP contribution in [-0.4, -0.2) is 0 Å². The van der Waals surface area contributed by atoms with Crippen molar-refractivity contribution in [2.75, 3.05) is 0 Å². The van der Waals surface area contributed by atoms with Crippen molar-refractivity contribution in [1.82, 2.24) is 0 Å². The van der Waals surface area contributed by atoms with Crippen LogP contribution in [0.4, 0.5) is 0 Å². The predicted octanol–water partition coefficient (Wildman–Crippen LogP) is 4.32. The average molecular weight is 178 g/mol. The third-order valence-corrected chi connectivity index (χ3v) is 2.19. The minimum absolute atomic E-state index is 1.15. The normalized spacial score (nSPS) is 10.5. The molecule has 0 atom stereocenters. The Kier molecular flexibility index (Phi) is 10.7. The van der Waals surface area contributed by atoms with E-state index in [2.05, 4.69) is 18.9 Å². The first-order valence-corrected chi connectivity index (χ1v) is 5.53. The van der Waals surface area contributed by atoms with Crippen LogP contribution in [-0.2, 0) is 0 Å². The first-order valence-electron chi connectivity index (χ1n) is 5.53. The van der Waals surface area contributed by atoms with Gasteiger partial charge in [-0.3, -0.25) is 0 Å². The van der Waals surface area contributed by atoms with Crippen molar-refractivity contribution in [3.05, 3.63) is 12.2 Å². The summed E-state index contributed by atoms with van der Waals surface area (Å²) in [5.41, 5.74) is 0. The summed E-state index contributed by atoms with van der Waals surface area (Å²) in [6, 6.07) is 0. The van der Waals surface area contributed by atoms with Gasteiger partial charge in [0.25, 0.3) is 0 Å². The van der Waals surface area contributed by atoms with E-state index in [-0.39, 0.29) is 0 Å². The zero-order valence-electron chi connectivity index (χ0n) is 8.89. The fraction of sp³-hybridized carbons (Fsp3) is 0.692. The molecule has 0 heterocycles. The Morgan fingerprint density at radius 3 is 2.23 bits per heavy atom. The van der Waals surface area contributed by atoms with E-state index in [4.69, 9.17) is 6.42 Å². The highest BCUT2D eigenvalue weighted by atomic mass is 13.9. The van der Waals surface area contributed by atoms with E-state index < -0.39 is 0 Å². The Balaban J connectivity index is 2.92. The number of unbranched alkanes of at least 4 members (excludes halogenated alkanes) is 7. The van der Waals surface area contributed by atoms with E-state index >= 15 is 0 Å². The van der Waals surface area contributed by atoms with Gasteiger partial charge >= 0.3 is 0 Å². The number of terminal acetylenes is 1. The minimum Gasteiger partial charge on any atom is -0.115 e. The lowest BCUT2D eigenvalue weighted by Crippen LogP contribution is -1.78. The van der Waals surface area contributed by atoms with E-state index in [1.807, 2.05) is 0 Å². The first-order chi connectivity index (χ1) is 6.41. The van der Waals surface area contributed by atoms with Gasteiger partial charge in [0.2, 0.25) is 0 Å². The second-order valence-corrected chi connectivity index (χ2v) is 3.48. The molecule has 0 nitrogen and oxygen atoms in total. The van der Waals surface area contributed by atoms with E-state index in [1.54, 1.807) is 6.08 Å². The highest BCUT2D eigenvalue weighted by molar-refractivity contribution is 5.08. The maximum absolute atomic E-state index is 5.09. The lowest BCUT2D eigenvalue weighted by Gasteiger charge is -1.98. The molecule has 0 aliphatic heterocycles. The first kappa shape index (κ1) is 12.3. The Morgan fingerprint density at radius 2 is 1.62 bits per heavy atom. The Hall–Kier alpha value is -0.700. The maximum atomic E-state index is 5.09. The molecule has 0 spiro atoms. The third-order valence-electron chi connectivity index (χ3n) is 2.19. The molecule has 0 amide bonds. The van der Waals surface area contributed by atoms with Crippen LogP contribution in [0.5, 0.6) is 0 Å². The molecule has 74 valence electrons. The second-order valence-electron chi connectivity index (χ2n) is 3.48. The van der Waals surface area contributed by atoms with Crippen molar-refractivity contribution in [1.29, 1.82) is 0 Å². The highest BCUT2D eigenvalue weighted by Gasteiger charge is 1.88. The SMILES string of the molecule is C#C/C=C/CCCCCCCCC. The fourth-order valence-electron chi connectivity index (χ4n) is 1.37. The predicted molar refractivity (Wildman–Crippen MR) is 60.6 cm³/mol. The van der Waals surface area contributed by atoms with Gasteiger partial charge in [-0.15, -0.1) is 6.42 Å². The summed E-state index contributed by atoms with van der Waals surface area (Å²) in [4.78, 5) is 0.